The van der Waals surface area contributed by atoms with Gasteiger partial charge in [0.05, 0.1) is 0 Å². The number of rotatable bonds is 2. The van der Waals surface area contributed by atoms with E-state index >= 15 is 0 Å². The summed E-state index contributed by atoms with van der Waals surface area (Å²) >= 11 is 1.63. The molecule has 0 saturated heterocycles. The quantitative estimate of drug-likeness (QED) is 0.732. The van der Waals surface area contributed by atoms with Gasteiger partial charge in [0.25, 0.3) is 5.95 Å². The Morgan fingerprint density at radius 3 is 3.07 bits per heavy atom. The first kappa shape index (κ1) is 8.89. The fourth-order valence-corrected chi connectivity index (χ4v) is 1.74. The van der Waals surface area contributed by atoms with E-state index in [1.165, 1.54) is 5.56 Å². The minimum Gasteiger partial charge on any atom is -0.368 e. The molecule has 2 aromatic heterocycles. The summed E-state index contributed by atoms with van der Waals surface area (Å²) in [5.74, 6) is 0.635. The fourth-order valence-electron chi connectivity index (χ4n) is 0.956. The monoisotopic (exact) mass is 207 g/mol. The Bertz CT molecular complexity index is 456. The van der Waals surface area contributed by atoms with Crippen molar-refractivity contribution in [2.75, 3.05) is 5.73 Å². The molecule has 72 valence electrons. The van der Waals surface area contributed by atoms with Crippen molar-refractivity contribution < 1.29 is 0 Å². The number of H-pyrrole nitrogens is 1. The topological polar surface area (TPSA) is 80.0 Å². The van der Waals surface area contributed by atoms with Crippen LogP contribution in [0.4, 0.5) is 11.9 Å². The fraction of sp³-hybridized carbons (Fsp3) is 0.125. The van der Waals surface area contributed by atoms with Crippen molar-refractivity contribution >= 4 is 29.4 Å². The van der Waals surface area contributed by atoms with Gasteiger partial charge in [0, 0.05) is 11.1 Å². The van der Waals surface area contributed by atoms with Gasteiger partial charge in [-0.25, -0.2) is 10.1 Å². The summed E-state index contributed by atoms with van der Waals surface area (Å²) in [6.45, 7) is 2.03. The van der Waals surface area contributed by atoms with Crippen LogP contribution in [0, 0.1) is 6.92 Å². The molecule has 2 rings (SSSR count). The summed E-state index contributed by atoms with van der Waals surface area (Å²) < 4.78 is 0. The Morgan fingerprint density at radius 2 is 2.50 bits per heavy atom. The Kier molecular flexibility index (Phi) is 2.28. The van der Waals surface area contributed by atoms with Crippen LogP contribution in [0.25, 0.3) is 0 Å². The van der Waals surface area contributed by atoms with E-state index in [0.717, 1.165) is 4.88 Å². The molecule has 6 heteroatoms. The molecular weight excluding hydrogens is 198 g/mol. The van der Waals surface area contributed by atoms with Gasteiger partial charge < -0.3 is 5.73 Å². The van der Waals surface area contributed by atoms with Crippen molar-refractivity contribution in [2.24, 2.45) is 4.99 Å². The number of aliphatic imine (C=N–C) groups is 1. The summed E-state index contributed by atoms with van der Waals surface area (Å²) in [6.07, 6.45) is 1.74. The lowest BCUT2D eigenvalue weighted by Gasteiger charge is -1.86. The summed E-state index contributed by atoms with van der Waals surface area (Å²) in [7, 11) is 0. The molecule has 0 saturated carbocycles. The highest BCUT2D eigenvalue weighted by molar-refractivity contribution is 7.11. The number of aryl methyl sites for hydroxylation is 1. The van der Waals surface area contributed by atoms with Gasteiger partial charge >= 0.3 is 0 Å². The predicted molar refractivity (Wildman–Crippen MR) is 57.1 cm³/mol. The van der Waals surface area contributed by atoms with Crippen LogP contribution >= 0.6 is 11.3 Å². The molecule has 2 aromatic rings. The SMILES string of the molecule is Cc1ccsc1/C=N/c1n[nH]c(N)n1. The third kappa shape index (κ3) is 1.80. The second-order valence-electron chi connectivity index (χ2n) is 2.75. The first-order valence-corrected chi connectivity index (χ1v) is 4.90. The zero-order valence-electron chi connectivity index (χ0n) is 7.56. The van der Waals surface area contributed by atoms with Gasteiger partial charge in [-0.15, -0.1) is 16.4 Å². The summed E-state index contributed by atoms with van der Waals surface area (Å²) in [5, 5.41) is 8.33. The molecule has 2 heterocycles. The molecule has 0 unspecified atom stereocenters. The Hall–Kier alpha value is -1.69. The van der Waals surface area contributed by atoms with Crippen molar-refractivity contribution in [3.05, 3.63) is 21.9 Å². The second kappa shape index (κ2) is 3.59. The smallest absolute Gasteiger partial charge is 0.269 e. The number of hydrogen-bond donors (Lipinski definition) is 2. The van der Waals surface area contributed by atoms with E-state index in [0.29, 0.717) is 5.95 Å². The highest BCUT2D eigenvalue weighted by Gasteiger charge is 1.98. The minimum atomic E-state index is 0.278. The molecule has 0 fully saturated rings. The largest absolute Gasteiger partial charge is 0.368 e. The maximum absolute atomic E-state index is 5.36. The second-order valence-corrected chi connectivity index (χ2v) is 3.69. The molecule has 0 aliphatic carbocycles. The zero-order valence-corrected chi connectivity index (χ0v) is 8.38. The van der Waals surface area contributed by atoms with E-state index in [4.69, 9.17) is 5.73 Å². The van der Waals surface area contributed by atoms with Crippen molar-refractivity contribution in [1.29, 1.82) is 0 Å². The number of nitrogens with two attached hydrogens (primary N) is 1. The van der Waals surface area contributed by atoms with Crippen molar-refractivity contribution in [2.45, 2.75) is 6.92 Å². The maximum Gasteiger partial charge on any atom is 0.269 e. The summed E-state index contributed by atoms with van der Waals surface area (Å²) in [6, 6.07) is 2.04. The van der Waals surface area contributed by atoms with Gasteiger partial charge in [0.2, 0.25) is 5.95 Å². The van der Waals surface area contributed by atoms with E-state index in [9.17, 15) is 0 Å². The molecule has 3 N–H and O–H groups in total. The Labute approximate surface area is 84.7 Å². The standard InChI is InChI=1S/C8H9N5S/c1-5-2-3-14-6(5)4-10-8-11-7(9)12-13-8/h2-4H,1H3,(H3,9,11,12,13)/b10-4+. The molecule has 0 aromatic carbocycles. The van der Waals surface area contributed by atoms with E-state index in [1.54, 1.807) is 17.6 Å². The number of nitrogens with zero attached hydrogens (tertiary/aromatic N) is 3. The lowest BCUT2D eigenvalue weighted by Crippen LogP contribution is -1.84. The lowest BCUT2D eigenvalue weighted by molar-refractivity contribution is 1.09. The molecule has 0 amide bonds. The average molecular weight is 207 g/mol. The van der Waals surface area contributed by atoms with Gasteiger partial charge in [-0.05, 0) is 23.9 Å². The van der Waals surface area contributed by atoms with Crippen LogP contribution in [0.3, 0.4) is 0 Å². The normalized spacial score (nSPS) is 11.2. The number of nitrogens with one attached hydrogen (secondary N) is 1. The van der Waals surface area contributed by atoms with E-state index in [-0.39, 0.29) is 5.95 Å². The van der Waals surface area contributed by atoms with Crippen LogP contribution in [-0.2, 0) is 0 Å². The highest BCUT2D eigenvalue weighted by atomic mass is 32.1. The van der Waals surface area contributed by atoms with Crippen molar-refractivity contribution in [1.82, 2.24) is 15.2 Å². The molecule has 0 atom stereocenters. The number of aromatic amines is 1. The van der Waals surface area contributed by atoms with E-state index < -0.39 is 0 Å². The number of anilines is 1. The van der Waals surface area contributed by atoms with Crippen LogP contribution in [0.5, 0.6) is 0 Å². The van der Waals surface area contributed by atoms with Gasteiger partial charge in [0.1, 0.15) is 0 Å². The third-order valence-corrected chi connectivity index (χ3v) is 2.64. The summed E-state index contributed by atoms with van der Waals surface area (Å²) in [4.78, 5) is 9.04. The van der Waals surface area contributed by atoms with Crippen molar-refractivity contribution in [3.63, 3.8) is 0 Å². The summed E-state index contributed by atoms with van der Waals surface area (Å²) in [5.41, 5.74) is 6.55. The molecule has 0 spiro atoms. The molecule has 14 heavy (non-hydrogen) atoms. The Morgan fingerprint density at radius 1 is 1.64 bits per heavy atom. The van der Waals surface area contributed by atoms with Crippen LogP contribution in [0.2, 0.25) is 0 Å². The maximum atomic E-state index is 5.36. The molecule has 5 nitrogen and oxygen atoms in total. The van der Waals surface area contributed by atoms with Gasteiger partial charge in [0.15, 0.2) is 0 Å². The molecular formula is C8H9N5S. The Balaban J connectivity index is 2.19. The molecule has 0 aliphatic heterocycles. The number of aromatic nitrogens is 3. The van der Waals surface area contributed by atoms with Crippen LogP contribution in [0.15, 0.2) is 16.4 Å². The first-order valence-electron chi connectivity index (χ1n) is 4.02. The van der Waals surface area contributed by atoms with Gasteiger partial charge in [-0.1, -0.05) is 0 Å². The number of nitrogen functional groups attached to an aromatic ring is 1. The van der Waals surface area contributed by atoms with Crippen LogP contribution in [-0.4, -0.2) is 21.4 Å². The van der Waals surface area contributed by atoms with Crippen molar-refractivity contribution in [3.8, 4) is 0 Å². The minimum absolute atomic E-state index is 0.278. The first-order chi connectivity index (χ1) is 6.75. The van der Waals surface area contributed by atoms with Crippen LogP contribution < -0.4 is 5.73 Å². The van der Waals surface area contributed by atoms with Gasteiger partial charge in [-0.3, -0.25) is 0 Å². The third-order valence-electron chi connectivity index (χ3n) is 1.69. The molecule has 0 radical (unpaired) electrons. The molecule has 0 aliphatic rings. The average Bonchev–Trinajstić information content (AvgIpc) is 2.72. The van der Waals surface area contributed by atoms with E-state index in [1.807, 2.05) is 18.4 Å². The van der Waals surface area contributed by atoms with E-state index in [2.05, 4.69) is 20.2 Å². The lowest BCUT2D eigenvalue weighted by atomic mass is 10.3. The number of hydrogen-bond acceptors (Lipinski definition) is 5. The predicted octanol–water partition coefficient (Wildman–Crippen LogP) is 1.51. The molecule has 0 bridgehead atoms. The zero-order chi connectivity index (χ0) is 9.97. The van der Waals surface area contributed by atoms with Crippen LogP contribution in [0.1, 0.15) is 10.4 Å². The highest BCUT2D eigenvalue weighted by Crippen LogP contribution is 2.14. The number of thiophene rings is 1. The van der Waals surface area contributed by atoms with Gasteiger partial charge in [-0.2, -0.15) is 4.98 Å².